The number of nitrogens with one attached hydrogen (secondary N) is 1. The number of rotatable bonds is 5. The highest BCUT2D eigenvalue weighted by Crippen LogP contribution is 2.39. The summed E-state index contributed by atoms with van der Waals surface area (Å²) in [5.41, 5.74) is 2.52. The fraction of sp³-hybridized carbons (Fsp3) is 0.500. The van der Waals surface area contributed by atoms with Crippen molar-refractivity contribution in [2.45, 2.75) is 37.8 Å². The first-order chi connectivity index (χ1) is 10.1. The number of hydrogen-bond donors (Lipinski definition) is 2. The molecular weight excluding hydrogens is 268 g/mol. The Bertz CT molecular complexity index is 537. The minimum absolute atomic E-state index is 0.147. The lowest BCUT2D eigenvalue weighted by molar-refractivity contribution is -0.143. The summed E-state index contributed by atoms with van der Waals surface area (Å²) in [5, 5.41) is 11.7. The Labute approximate surface area is 123 Å². The van der Waals surface area contributed by atoms with Crippen molar-refractivity contribution in [3.05, 3.63) is 35.4 Å². The molecule has 21 heavy (non-hydrogen) atoms. The second-order valence-electron chi connectivity index (χ2n) is 5.89. The number of carbonyl (C=O) groups is 2. The molecule has 1 aliphatic carbocycles. The minimum Gasteiger partial charge on any atom is -0.481 e. The second kappa shape index (κ2) is 5.85. The number of carboxylic acids is 1. The van der Waals surface area contributed by atoms with Gasteiger partial charge in [0.25, 0.3) is 0 Å². The fourth-order valence-corrected chi connectivity index (χ4v) is 2.89. The van der Waals surface area contributed by atoms with E-state index < -0.39 is 12.0 Å². The molecule has 1 saturated carbocycles. The van der Waals surface area contributed by atoms with Gasteiger partial charge in [-0.05, 0) is 29.9 Å². The number of amides is 1. The van der Waals surface area contributed by atoms with Crippen molar-refractivity contribution in [3.8, 4) is 0 Å². The van der Waals surface area contributed by atoms with Gasteiger partial charge in [-0.25, -0.2) is 0 Å². The van der Waals surface area contributed by atoms with Gasteiger partial charge in [-0.15, -0.1) is 0 Å². The first-order valence-corrected chi connectivity index (χ1v) is 7.46. The predicted molar refractivity (Wildman–Crippen MR) is 77.9 cm³/mol. The van der Waals surface area contributed by atoms with Crippen LogP contribution in [0.15, 0.2) is 24.3 Å². The van der Waals surface area contributed by atoms with Gasteiger partial charge in [0.15, 0.2) is 0 Å². The summed E-state index contributed by atoms with van der Waals surface area (Å²) < 4.78 is 0. The molecule has 1 heterocycles. The van der Waals surface area contributed by atoms with Crippen LogP contribution < -0.4 is 5.32 Å². The average molecular weight is 288 g/mol. The maximum atomic E-state index is 11.9. The Kier molecular flexibility index (Phi) is 3.92. The molecule has 1 saturated heterocycles. The Morgan fingerprint density at radius 1 is 1.29 bits per heavy atom. The molecule has 1 amide bonds. The van der Waals surface area contributed by atoms with Crippen LogP contribution in [0.1, 0.15) is 36.3 Å². The Morgan fingerprint density at radius 2 is 2.00 bits per heavy atom. The third-order valence-corrected chi connectivity index (χ3v) is 4.22. The highest BCUT2D eigenvalue weighted by Gasteiger charge is 2.31. The molecule has 5 nitrogen and oxygen atoms in total. The summed E-state index contributed by atoms with van der Waals surface area (Å²) in [4.78, 5) is 24.8. The van der Waals surface area contributed by atoms with Crippen LogP contribution in [0.3, 0.4) is 0 Å². The first kappa shape index (κ1) is 14.1. The minimum atomic E-state index is -0.939. The van der Waals surface area contributed by atoms with E-state index in [1.807, 2.05) is 4.90 Å². The quantitative estimate of drug-likeness (QED) is 0.858. The van der Waals surface area contributed by atoms with Gasteiger partial charge in [-0.3, -0.25) is 14.5 Å². The van der Waals surface area contributed by atoms with Crippen molar-refractivity contribution >= 4 is 11.9 Å². The zero-order chi connectivity index (χ0) is 14.8. The van der Waals surface area contributed by atoms with Gasteiger partial charge in [0.2, 0.25) is 5.91 Å². The highest BCUT2D eigenvalue weighted by atomic mass is 16.4. The summed E-state index contributed by atoms with van der Waals surface area (Å²) in [6.07, 6.45) is 2.42. The van der Waals surface area contributed by atoms with E-state index in [-0.39, 0.29) is 12.3 Å². The smallest absolute Gasteiger partial charge is 0.305 e. The Hall–Kier alpha value is -1.88. The Balaban J connectivity index is 1.68. The van der Waals surface area contributed by atoms with E-state index in [0.717, 1.165) is 11.5 Å². The normalized spacial score (nSPS) is 22.9. The van der Waals surface area contributed by atoms with Gasteiger partial charge >= 0.3 is 5.97 Å². The van der Waals surface area contributed by atoms with Crippen LogP contribution in [0, 0.1) is 0 Å². The zero-order valence-corrected chi connectivity index (χ0v) is 11.9. The summed E-state index contributed by atoms with van der Waals surface area (Å²) in [6, 6.07) is 7.93. The number of benzene rings is 1. The van der Waals surface area contributed by atoms with Crippen LogP contribution in [0.2, 0.25) is 0 Å². The first-order valence-electron chi connectivity index (χ1n) is 7.46. The maximum absolute atomic E-state index is 11.9. The van der Waals surface area contributed by atoms with Crippen molar-refractivity contribution < 1.29 is 14.7 Å². The van der Waals surface area contributed by atoms with Crippen LogP contribution in [0.4, 0.5) is 0 Å². The number of aliphatic carboxylic acids is 1. The molecule has 0 aromatic heterocycles. The van der Waals surface area contributed by atoms with Crippen LogP contribution in [-0.2, 0) is 16.1 Å². The molecular formula is C16H20N2O3. The number of carboxylic acid groups (broad SMARTS) is 1. The maximum Gasteiger partial charge on any atom is 0.305 e. The van der Waals surface area contributed by atoms with Crippen LogP contribution in [0.25, 0.3) is 0 Å². The molecule has 1 atom stereocenters. The van der Waals surface area contributed by atoms with E-state index >= 15 is 0 Å². The van der Waals surface area contributed by atoms with Crippen molar-refractivity contribution in [2.75, 3.05) is 13.1 Å². The predicted octanol–water partition coefficient (Wildman–Crippen LogP) is 1.34. The zero-order valence-electron chi connectivity index (χ0n) is 11.9. The van der Waals surface area contributed by atoms with Crippen LogP contribution in [-0.4, -0.2) is 41.0 Å². The average Bonchev–Trinajstić information content (AvgIpc) is 3.28. The van der Waals surface area contributed by atoms with E-state index in [4.69, 9.17) is 5.11 Å². The number of hydrogen-bond acceptors (Lipinski definition) is 3. The van der Waals surface area contributed by atoms with E-state index in [1.54, 1.807) is 0 Å². The van der Waals surface area contributed by atoms with Crippen molar-refractivity contribution in [2.24, 2.45) is 0 Å². The van der Waals surface area contributed by atoms with Gasteiger partial charge in [0, 0.05) is 19.6 Å². The van der Waals surface area contributed by atoms with Gasteiger partial charge < -0.3 is 10.4 Å². The summed E-state index contributed by atoms with van der Waals surface area (Å²) in [7, 11) is 0. The van der Waals surface area contributed by atoms with Gasteiger partial charge in [0.05, 0.1) is 6.42 Å². The van der Waals surface area contributed by atoms with Gasteiger partial charge in [0.1, 0.15) is 6.04 Å². The molecule has 3 rings (SSSR count). The van der Waals surface area contributed by atoms with E-state index in [0.29, 0.717) is 19.6 Å². The van der Waals surface area contributed by atoms with Crippen LogP contribution >= 0.6 is 0 Å². The van der Waals surface area contributed by atoms with E-state index in [9.17, 15) is 9.59 Å². The third kappa shape index (κ3) is 3.42. The topological polar surface area (TPSA) is 69.6 Å². The molecule has 0 radical (unpaired) electrons. The van der Waals surface area contributed by atoms with Gasteiger partial charge in [-0.2, -0.15) is 0 Å². The van der Waals surface area contributed by atoms with Crippen molar-refractivity contribution in [1.29, 1.82) is 0 Å². The summed E-state index contributed by atoms with van der Waals surface area (Å²) in [6.45, 7) is 1.89. The lowest BCUT2D eigenvalue weighted by atomic mass is 10.0. The highest BCUT2D eigenvalue weighted by molar-refractivity contribution is 5.86. The van der Waals surface area contributed by atoms with Crippen LogP contribution in [0.5, 0.6) is 0 Å². The molecule has 1 aromatic carbocycles. The summed E-state index contributed by atoms with van der Waals surface area (Å²) in [5.74, 6) is -0.385. The molecule has 2 N–H and O–H groups in total. The fourth-order valence-electron chi connectivity index (χ4n) is 2.89. The van der Waals surface area contributed by atoms with Crippen molar-refractivity contribution in [1.82, 2.24) is 10.2 Å². The molecule has 0 spiro atoms. The largest absolute Gasteiger partial charge is 0.481 e. The van der Waals surface area contributed by atoms with Crippen molar-refractivity contribution in [3.63, 3.8) is 0 Å². The Morgan fingerprint density at radius 3 is 2.62 bits per heavy atom. The second-order valence-corrected chi connectivity index (χ2v) is 5.89. The molecule has 2 fully saturated rings. The number of carbonyl (C=O) groups excluding carboxylic acids is 1. The monoisotopic (exact) mass is 288 g/mol. The molecule has 1 aliphatic heterocycles. The number of nitrogens with zero attached hydrogens (tertiary/aromatic N) is 1. The lowest BCUT2D eigenvalue weighted by Crippen LogP contribution is -2.55. The molecule has 0 bridgehead atoms. The molecule has 1 aromatic rings. The SMILES string of the molecule is O=C(O)CC1C(=O)NCCN1Cc1ccc(C2CC2)cc1. The van der Waals surface area contributed by atoms with E-state index in [2.05, 4.69) is 29.6 Å². The lowest BCUT2D eigenvalue weighted by Gasteiger charge is -2.34. The number of piperazine rings is 1. The molecule has 2 aliphatic rings. The molecule has 1 unspecified atom stereocenters. The van der Waals surface area contributed by atoms with Gasteiger partial charge in [-0.1, -0.05) is 24.3 Å². The summed E-state index contributed by atoms with van der Waals surface area (Å²) >= 11 is 0. The van der Waals surface area contributed by atoms with E-state index in [1.165, 1.54) is 18.4 Å². The molecule has 5 heteroatoms. The standard InChI is InChI=1S/C16H20N2O3/c19-15(20)9-14-16(21)17-7-8-18(14)10-11-1-3-12(4-2-11)13-5-6-13/h1-4,13-14H,5-10H2,(H,17,21)(H,19,20). The molecule has 112 valence electrons. The third-order valence-electron chi connectivity index (χ3n) is 4.22.